The summed E-state index contributed by atoms with van der Waals surface area (Å²) in [5.74, 6) is -0.565. The number of esters is 1. The third-order valence-electron chi connectivity index (χ3n) is 4.24. The van der Waals surface area contributed by atoms with Crippen molar-refractivity contribution in [2.45, 2.75) is 32.2 Å². The summed E-state index contributed by atoms with van der Waals surface area (Å²) >= 11 is 0. The Kier molecular flexibility index (Phi) is 9.61. The van der Waals surface area contributed by atoms with Crippen LogP contribution in [0.2, 0.25) is 0 Å². The fourth-order valence-electron chi connectivity index (χ4n) is 2.84. The Morgan fingerprint density at radius 2 is 1.52 bits per heavy atom. The van der Waals surface area contributed by atoms with Crippen LogP contribution >= 0.6 is 0 Å². The molecule has 27 heavy (non-hydrogen) atoms. The topological polar surface area (TPSA) is 87.1 Å². The Labute approximate surface area is 160 Å². The van der Waals surface area contributed by atoms with Gasteiger partial charge in [-0.05, 0) is 17.5 Å². The van der Waals surface area contributed by atoms with E-state index in [4.69, 9.17) is 9.84 Å². The number of carbonyl (C=O) groups is 2. The molecule has 0 aromatic heterocycles. The van der Waals surface area contributed by atoms with Gasteiger partial charge in [0.1, 0.15) is 0 Å². The minimum absolute atomic E-state index is 0.0620. The summed E-state index contributed by atoms with van der Waals surface area (Å²) in [5, 5.41) is 16.7. The van der Waals surface area contributed by atoms with Crippen LogP contribution in [-0.4, -0.2) is 47.1 Å². The molecule has 0 saturated heterocycles. The molecule has 0 saturated carbocycles. The molecule has 2 atom stereocenters. The van der Waals surface area contributed by atoms with Gasteiger partial charge in [0.05, 0.1) is 0 Å². The summed E-state index contributed by atoms with van der Waals surface area (Å²) in [4.78, 5) is 24.2. The lowest BCUT2D eigenvalue weighted by atomic mass is 9.88. The quantitative estimate of drug-likeness (QED) is 0.573. The second kappa shape index (κ2) is 11.7. The standard InChI is InChI=1S/C20H23NO4.CH4O/c1-15(18-11-7-4-8-12-18)19(13-17-9-5-3-6-10-17)21(20(23)24)14-25-16(2)22;1-2/h3-12,15,19H,13-14H2,1-2H3,(H,23,24);2H,1H3. The minimum atomic E-state index is -1.11. The number of aliphatic hydroxyl groups is 1. The molecule has 6 nitrogen and oxygen atoms in total. The highest BCUT2D eigenvalue weighted by Gasteiger charge is 2.30. The van der Waals surface area contributed by atoms with Gasteiger partial charge in [0.2, 0.25) is 0 Å². The fourth-order valence-corrected chi connectivity index (χ4v) is 2.84. The number of nitrogens with zero attached hydrogens (tertiary/aromatic N) is 1. The van der Waals surface area contributed by atoms with Crippen molar-refractivity contribution in [2.24, 2.45) is 0 Å². The summed E-state index contributed by atoms with van der Waals surface area (Å²) in [6, 6.07) is 19.1. The highest BCUT2D eigenvalue weighted by atomic mass is 16.5. The van der Waals surface area contributed by atoms with Gasteiger partial charge in [-0.2, -0.15) is 0 Å². The fraction of sp³-hybridized carbons (Fsp3) is 0.333. The van der Waals surface area contributed by atoms with Crippen LogP contribution in [-0.2, 0) is 16.0 Å². The van der Waals surface area contributed by atoms with Crippen molar-refractivity contribution in [3.63, 3.8) is 0 Å². The molecule has 6 heteroatoms. The van der Waals surface area contributed by atoms with Gasteiger partial charge in [0, 0.05) is 26.0 Å². The van der Waals surface area contributed by atoms with Crippen molar-refractivity contribution in [1.29, 1.82) is 0 Å². The van der Waals surface area contributed by atoms with Gasteiger partial charge < -0.3 is 14.9 Å². The van der Waals surface area contributed by atoms with Crippen molar-refractivity contribution < 1.29 is 24.5 Å². The maximum absolute atomic E-state index is 11.8. The lowest BCUT2D eigenvalue weighted by Gasteiger charge is -2.33. The Bertz CT molecular complexity index is 690. The van der Waals surface area contributed by atoms with E-state index in [0.717, 1.165) is 18.2 Å². The lowest BCUT2D eigenvalue weighted by molar-refractivity contribution is -0.145. The lowest BCUT2D eigenvalue weighted by Crippen LogP contribution is -2.45. The van der Waals surface area contributed by atoms with Gasteiger partial charge in [-0.1, -0.05) is 67.6 Å². The number of ether oxygens (including phenoxy) is 1. The van der Waals surface area contributed by atoms with Crippen LogP contribution < -0.4 is 0 Å². The first-order chi connectivity index (χ1) is 13.0. The molecule has 0 bridgehead atoms. The second-order valence-electron chi connectivity index (χ2n) is 5.97. The molecule has 0 aliphatic heterocycles. The minimum Gasteiger partial charge on any atom is -0.465 e. The van der Waals surface area contributed by atoms with Gasteiger partial charge in [-0.15, -0.1) is 0 Å². The van der Waals surface area contributed by atoms with Crippen molar-refractivity contribution in [3.8, 4) is 0 Å². The highest BCUT2D eigenvalue weighted by Crippen LogP contribution is 2.26. The van der Waals surface area contributed by atoms with Crippen LogP contribution in [0.3, 0.4) is 0 Å². The second-order valence-corrected chi connectivity index (χ2v) is 5.97. The molecule has 0 aliphatic carbocycles. The summed E-state index contributed by atoms with van der Waals surface area (Å²) in [5.41, 5.74) is 2.07. The number of carboxylic acid groups (broad SMARTS) is 1. The summed E-state index contributed by atoms with van der Waals surface area (Å²) in [6.07, 6.45) is -0.574. The van der Waals surface area contributed by atoms with Gasteiger partial charge in [0.15, 0.2) is 6.73 Å². The Morgan fingerprint density at radius 1 is 1.00 bits per heavy atom. The largest absolute Gasteiger partial charge is 0.465 e. The van der Waals surface area contributed by atoms with Gasteiger partial charge >= 0.3 is 12.1 Å². The van der Waals surface area contributed by atoms with Crippen LogP contribution in [0, 0.1) is 0 Å². The number of hydrogen-bond donors (Lipinski definition) is 2. The molecule has 1 amide bonds. The average Bonchev–Trinajstić information content (AvgIpc) is 2.69. The van der Waals surface area contributed by atoms with E-state index in [2.05, 4.69) is 0 Å². The molecule has 2 unspecified atom stereocenters. The maximum atomic E-state index is 11.8. The zero-order valence-electron chi connectivity index (χ0n) is 15.9. The van der Waals surface area contributed by atoms with Crippen molar-refractivity contribution in [1.82, 2.24) is 4.90 Å². The Balaban J connectivity index is 0.00000176. The van der Waals surface area contributed by atoms with E-state index in [1.54, 1.807) is 0 Å². The van der Waals surface area contributed by atoms with Crippen LogP contribution in [0.1, 0.15) is 30.9 Å². The molecule has 2 N–H and O–H groups in total. The smallest absolute Gasteiger partial charge is 0.410 e. The molecule has 0 radical (unpaired) electrons. The monoisotopic (exact) mass is 373 g/mol. The maximum Gasteiger partial charge on any atom is 0.410 e. The molecular weight excluding hydrogens is 346 g/mol. The first kappa shape index (κ1) is 22.2. The van der Waals surface area contributed by atoms with Gasteiger partial charge in [-0.25, -0.2) is 4.79 Å². The number of benzene rings is 2. The van der Waals surface area contributed by atoms with Crippen molar-refractivity contribution in [3.05, 3.63) is 71.8 Å². The number of amides is 1. The third-order valence-corrected chi connectivity index (χ3v) is 4.24. The van der Waals surface area contributed by atoms with Crippen LogP contribution in [0.15, 0.2) is 60.7 Å². The number of hydrogen-bond acceptors (Lipinski definition) is 4. The Hall–Kier alpha value is -2.86. The molecule has 2 aromatic carbocycles. The zero-order chi connectivity index (χ0) is 20.2. The summed E-state index contributed by atoms with van der Waals surface area (Å²) in [6.45, 7) is 2.98. The van der Waals surface area contributed by atoms with E-state index >= 15 is 0 Å². The summed E-state index contributed by atoms with van der Waals surface area (Å²) in [7, 11) is 1.00. The van der Waals surface area contributed by atoms with Gasteiger partial charge in [-0.3, -0.25) is 9.69 Å². The third kappa shape index (κ3) is 7.11. The van der Waals surface area contributed by atoms with Crippen LogP contribution in [0.25, 0.3) is 0 Å². The molecule has 0 aliphatic rings. The number of rotatable bonds is 7. The normalized spacial score (nSPS) is 12.1. The molecule has 2 aromatic rings. The number of aliphatic hydroxyl groups excluding tert-OH is 1. The molecule has 2 rings (SSSR count). The van der Waals surface area contributed by atoms with E-state index in [-0.39, 0.29) is 18.7 Å². The summed E-state index contributed by atoms with van der Waals surface area (Å²) < 4.78 is 4.98. The molecule has 146 valence electrons. The predicted molar refractivity (Wildman–Crippen MR) is 103 cm³/mol. The van der Waals surface area contributed by atoms with Gasteiger partial charge in [0.25, 0.3) is 0 Å². The first-order valence-corrected chi connectivity index (χ1v) is 8.65. The van der Waals surface area contributed by atoms with E-state index in [1.165, 1.54) is 11.8 Å². The molecule has 0 fully saturated rings. The van der Waals surface area contributed by atoms with Crippen LogP contribution in [0.5, 0.6) is 0 Å². The van der Waals surface area contributed by atoms with E-state index < -0.39 is 12.1 Å². The predicted octanol–water partition coefficient (Wildman–Crippen LogP) is 3.51. The van der Waals surface area contributed by atoms with E-state index in [0.29, 0.717) is 6.42 Å². The zero-order valence-corrected chi connectivity index (χ0v) is 15.9. The first-order valence-electron chi connectivity index (χ1n) is 8.65. The number of carbonyl (C=O) groups excluding carboxylic acids is 1. The molecule has 0 heterocycles. The van der Waals surface area contributed by atoms with Crippen LogP contribution in [0.4, 0.5) is 4.79 Å². The van der Waals surface area contributed by atoms with E-state index in [1.807, 2.05) is 67.6 Å². The van der Waals surface area contributed by atoms with Crippen molar-refractivity contribution >= 4 is 12.1 Å². The van der Waals surface area contributed by atoms with E-state index in [9.17, 15) is 14.7 Å². The van der Waals surface area contributed by atoms with Crippen molar-refractivity contribution in [2.75, 3.05) is 13.8 Å². The molecular formula is C21H27NO5. The Morgan fingerprint density at radius 3 is 2.00 bits per heavy atom. The molecule has 0 spiro atoms. The highest BCUT2D eigenvalue weighted by molar-refractivity contribution is 5.68. The SMILES string of the molecule is CC(=O)OCN(C(=O)O)C(Cc1ccccc1)C(C)c1ccccc1.CO. The average molecular weight is 373 g/mol.